The number of benzene rings is 1. The molecule has 0 aliphatic heterocycles. The molecule has 0 fully saturated rings. The van der Waals surface area contributed by atoms with E-state index in [1.165, 1.54) is 0 Å². The molecular weight excluding hydrogens is 372 g/mol. The van der Waals surface area contributed by atoms with Gasteiger partial charge < -0.3 is 9.47 Å². The molecule has 1 aromatic carbocycles. The molecule has 0 spiro atoms. The summed E-state index contributed by atoms with van der Waals surface area (Å²) in [5, 5.41) is 13.2. The minimum atomic E-state index is -0.794. The molecule has 8 nitrogen and oxygen atoms in total. The quantitative estimate of drug-likeness (QED) is 0.759. The summed E-state index contributed by atoms with van der Waals surface area (Å²) in [5.41, 5.74) is 0.387. The number of nitrogens with zero attached hydrogens (tertiary/aromatic N) is 4. The first-order valence-corrected chi connectivity index (χ1v) is 9.15. The first kappa shape index (κ1) is 22.0. The molecule has 154 valence electrons. The topological polar surface area (TPSA) is 97.5 Å². The van der Waals surface area contributed by atoms with E-state index in [1.807, 2.05) is 0 Å². The predicted molar refractivity (Wildman–Crippen MR) is 106 cm³/mol. The van der Waals surface area contributed by atoms with Gasteiger partial charge in [0.1, 0.15) is 11.2 Å². The smallest absolute Gasteiger partial charge is 0.420 e. The maximum atomic E-state index is 12.6. The number of imide groups is 1. The van der Waals surface area contributed by atoms with E-state index >= 15 is 0 Å². The summed E-state index contributed by atoms with van der Waals surface area (Å²) in [6.07, 6.45) is 1.67. The van der Waals surface area contributed by atoms with Gasteiger partial charge in [0, 0.05) is 11.8 Å². The maximum absolute atomic E-state index is 12.6. The Morgan fingerprint density at radius 2 is 1.55 bits per heavy atom. The zero-order valence-corrected chi connectivity index (χ0v) is 17.6. The second-order valence-electron chi connectivity index (χ2n) is 8.50. The Hall–Kier alpha value is -3.34. The predicted octanol–water partition coefficient (Wildman–Crippen LogP) is 4.42. The average Bonchev–Trinajstić information content (AvgIpc) is 3.05. The van der Waals surface area contributed by atoms with Crippen LogP contribution in [0, 0.1) is 11.3 Å². The summed E-state index contributed by atoms with van der Waals surface area (Å²) in [4.78, 5) is 26.1. The number of hydrogen-bond acceptors (Lipinski definition) is 6. The van der Waals surface area contributed by atoms with Crippen molar-refractivity contribution in [2.75, 3.05) is 0 Å². The molecule has 29 heavy (non-hydrogen) atoms. The van der Waals surface area contributed by atoms with Gasteiger partial charge >= 0.3 is 12.2 Å². The van der Waals surface area contributed by atoms with Crippen LogP contribution in [-0.2, 0) is 16.0 Å². The van der Waals surface area contributed by atoms with Crippen LogP contribution in [0.4, 0.5) is 9.59 Å². The summed E-state index contributed by atoms with van der Waals surface area (Å²) in [7, 11) is 0. The summed E-state index contributed by atoms with van der Waals surface area (Å²) in [6.45, 7) is 10.3. The molecule has 0 bridgehead atoms. The lowest BCUT2D eigenvalue weighted by Crippen LogP contribution is -2.43. The maximum Gasteiger partial charge on any atom is 0.420 e. The van der Waals surface area contributed by atoms with Gasteiger partial charge in [-0.15, -0.1) is 0 Å². The van der Waals surface area contributed by atoms with E-state index in [4.69, 9.17) is 14.7 Å². The zero-order chi connectivity index (χ0) is 21.8. The second kappa shape index (κ2) is 8.35. The van der Waals surface area contributed by atoms with Gasteiger partial charge in [-0.3, -0.25) is 0 Å². The zero-order valence-electron chi connectivity index (χ0n) is 17.6. The monoisotopic (exact) mass is 398 g/mol. The van der Waals surface area contributed by atoms with Crippen LogP contribution >= 0.6 is 0 Å². The summed E-state index contributed by atoms with van der Waals surface area (Å²) < 4.78 is 12.3. The highest BCUT2D eigenvalue weighted by Crippen LogP contribution is 2.18. The van der Waals surface area contributed by atoms with Crippen LogP contribution in [-0.4, -0.2) is 38.1 Å². The molecule has 0 saturated heterocycles. The number of ether oxygens (including phenoxy) is 2. The Kier molecular flexibility index (Phi) is 6.32. The van der Waals surface area contributed by atoms with Crippen LogP contribution in [0.1, 0.15) is 52.7 Å². The van der Waals surface area contributed by atoms with Gasteiger partial charge in [0.05, 0.1) is 30.1 Å². The lowest BCUT2D eigenvalue weighted by Gasteiger charge is -2.28. The normalized spacial score (nSPS) is 11.5. The van der Waals surface area contributed by atoms with Crippen LogP contribution in [0.2, 0.25) is 0 Å². The van der Waals surface area contributed by atoms with Crippen LogP contribution in [0.5, 0.6) is 0 Å². The molecule has 8 heteroatoms. The number of hydrogen-bond donors (Lipinski definition) is 0. The number of rotatable bonds is 3. The molecule has 0 unspecified atom stereocenters. The molecule has 0 N–H and O–H groups in total. The minimum Gasteiger partial charge on any atom is -0.443 e. The highest BCUT2D eigenvalue weighted by Gasteiger charge is 2.31. The third kappa shape index (κ3) is 6.64. The molecular formula is C21H26N4O4. The molecule has 2 aromatic rings. The summed E-state index contributed by atoms with van der Waals surface area (Å²) in [5.74, 6) is 0. The first-order chi connectivity index (χ1) is 13.4. The molecule has 2 rings (SSSR count). The molecule has 0 saturated carbocycles. The first-order valence-electron chi connectivity index (χ1n) is 9.15. The average molecular weight is 398 g/mol. The fourth-order valence-electron chi connectivity index (χ4n) is 2.29. The van der Waals surface area contributed by atoms with Crippen LogP contribution < -0.4 is 0 Å². The van der Waals surface area contributed by atoms with Gasteiger partial charge in [0.2, 0.25) is 0 Å². The Balaban J connectivity index is 2.23. The van der Waals surface area contributed by atoms with E-state index in [1.54, 1.807) is 82.9 Å². The largest absolute Gasteiger partial charge is 0.443 e. The summed E-state index contributed by atoms with van der Waals surface area (Å²) >= 11 is 0. The van der Waals surface area contributed by atoms with E-state index in [9.17, 15) is 9.59 Å². The Labute approximate surface area is 170 Å². The highest BCUT2D eigenvalue weighted by atomic mass is 16.6. The van der Waals surface area contributed by atoms with Crippen molar-refractivity contribution in [3.63, 3.8) is 0 Å². The Bertz CT molecular complexity index is 884. The summed E-state index contributed by atoms with van der Waals surface area (Å²) in [6, 6.07) is 8.95. The van der Waals surface area contributed by atoms with Crippen molar-refractivity contribution in [1.29, 1.82) is 5.26 Å². The van der Waals surface area contributed by atoms with Gasteiger partial charge in [-0.2, -0.15) is 10.4 Å². The lowest BCUT2D eigenvalue weighted by molar-refractivity contribution is -0.000245. The van der Waals surface area contributed by atoms with Crippen molar-refractivity contribution < 1.29 is 19.1 Å². The third-order valence-electron chi connectivity index (χ3n) is 3.47. The lowest BCUT2D eigenvalue weighted by atomic mass is 10.2. The molecule has 1 aromatic heterocycles. The molecule has 0 radical (unpaired) electrons. The van der Waals surface area contributed by atoms with Crippen LogP contribution in [0.3, 0.4) is 0 Å². The van der Waals surface area contributed by atoms with Gasteiger partial charge in [-0.1, -0.05) is 0 Å². The van der Waals surface area contributed by atoms with Crippen molar-refractivity contribution in [3.05, 3.63) is 47.8 Å². The van der Waals surface area contributed by atoms with Gasteiger partial charge in [-0.05, 0) is 65.8 Å². The molecule has 0 atom stereocenters. The minimum absolute atomic E-state index is 0.0555. The number of aromatic nitrogens is 2. The Morgan fingerprint density at radius 3 is 2.00 bits per heavy atom. The van der Waals surface area contributed by atoms with E-state index in [0.717, 1.165) is 10.6 Å². The highest BCUT2D eigenvalue weighted by molar-refractivity contribution is 5.88. The molecule has 2 amide bonds. The fraction of sp³-hybridized carbons (Fsp3) is 0.429. The number of carbonyl (C=O) groups excluding carboxylic acids is 2. The van der Waals surface area contributed by atoms with Crippen molar-refractivity contribution >= 4 is 12.2 Å². The fourth-order valence-corrected chi connectivity index (χ4v) is 2.29. The molecule has 0 aliphatic carbocycles. The van der Waals surface area contributed by atoms with E-state index in [0.29, 0.717) is 11.1 Å². The van der Waals surface area contributed by atoms with Crippen LogP contribution in [0.25, 0.3) is 5.69 Å². The standard InChI is InChI=1S/C21H26N4O4/c1-20(2,3)28-18(26)24(19(27)29-21(4,5)6)13-16-12-23-25(14-16)17-9-7-15(11-22)8-10-17/h7-10,12,14H,13H2,1-6H3. The molecule has 0 aliphatic rings. The van der Waals surface area contributed by atoms with Gasteiger partial charge in [0.15, 0.2) is 0 Å². The van der Waals surface area contributed by atoms with Crippen LogP contribution in [0.15, 0.2) is 36.7 Å². The van der Waals surface area contributed by atoms with Crippen molar-refractivity contribution in [2.24, 2.45) is 0 Å². The van der Waals surface area contributed by atoms with E-state index < -0.39 is 23.4 Å². The van der Waals surface area contributed by atoms with Gasteiger partial charge in [-0.25, -0.2) is 19.2 Å². The van der Waals surface area contributed by atoms with E-state index in [2.05, 4.69) is 11.2 Å². The third-order valence-corrected chi connectivity index (χ3v) is 3.47. The Morgan fingerprint density at radius 1 is 1.03 bits per heavy atom. The van der Waals surface area contributed by atoms with E-state index in [-0.39, 0.29) is 6.54 Å². The van der Waals surface area contributed by atoms with Crippen molar-refractivity contribution in [3.8, 4) is 11.8 Å². The number of nitriles is 1. The van der Waals surface area contributed by atoms with Crippen molar-refractivity contribution in [1.82, 2.24) is 14.7 Å². The molecule has 1 heterocycles. The number of amides is 2. The SMILES string of the molecule is CC(C)(C)OC(=O)N(Cc1cnn(-c2ccc(C#N)cc2)c1)C(=O)OC(C)(C)C. The second-order valence-corrected chi connectivity index (χ2v) is 8.50. The van der Waals surface area contributed by atoms with Gasteiger partial charge in [0.25, 0.3) is 0 Å². The number of carbonyl (C=O) groups is 2. The van der Waals surface area contributed by atoms with Crippen molar-refractivity contribution in [2.45, 2.75) is 59.3 Å².